The van der Waals surface area contributed by atoms with Crippen LogP contribution >= 0.6 is 11.6 Å². The second kappa shape index (κ2) is 6.59. The van der Waals surface area contributed by atoms with Gasteiger partial charge in [0.15, 0.2) is 0 Å². The van der Waals surface area contributed by atoms with E-state index in [9.17, 15) is 9.90 Å². The summed E-state index contributed by atoms with van der Waals surface area (Å²) < 4.78 is 0. The molecular formula is C16H22ClNO2. The van der Waals surface area contributed by atoms with Crippen LogP contribution < -0.4 is 5.32 Å². The predicted molar refractivity (Wildman–Crippen MR) is 81.1 cm³/mol. The number of aliphatic hydroxyl groups is 1. The number of rotatable bonds is 4. The van der Waals surface area contributed by atoms with E-state index >= 15 is 0 Å². The number of carbonyl (C=O) groups is 1. The smallest absolute Gasteiger partial charge is 0.251 e. The Bertz CT molecular complexity index is 481. The summed E-state index contributed by atoms with van der Waals surface area (Å²) >= 11 is 6.04. The summed E-state index contributed by atoms with van der Waals surface area (Å²) in [5, 5.41) is 13.2. The lowest BCUT2D eigenvalue weighted by Crippen LogP contribution is -2.41. The van der Waals surface area contributed by atoms with Crippen LogP contribution in [0.5, 0.6) is 0 Å². The van der Waals surface area contributed by atoms with Crippen LogP contribution in [0, 0.1) is 12.3 Å². The van der Waals surface area contributed by atoms with Crippen molar-refractivity contribution < 1.29 is 9.90 Å². The molecule has 0 radical (unpaired) electrons. The zero-order chi connectivity index (χ0) is 14.6. The molecule has 1 aromatic rings. The average molecular weight is 296 g/mol. The molecule has 0 spiro atoms. The SMILES string of the molecule is Cc1c(Cl)cccc1C(=O)NCC1(CO)CCCCC1. The van der Waals surface area contributed by atoms with Crippen LogP contribution in [0.1, 0.15) is 48.0 Å². The van der Waals surface area contributed by atoms with Gasteiger partial charge < -0.3 is 10.4 Å². The van der Waals surface area contributed by atoms with Gasteiger partial charge in [-0.3, -0.25) is 4.79 Å². The van der Waals surface area contributed by atoms with Gasteiger partial charge in [0.2, 0.25) is 0 Å². The van der Waals surface area contributed by atoms with Crippen LogP contribution in [0.2, 0.25) is 5.02 Å². The van der Waals surface area contributed by atoms with Crippen LogP contribution in [0.25, 0.3) is 0 Å². The highest BCUT2D eigenvalue weighted by molar-refractivity contribution is 6.31. The number of halogens is 1. The van der Waals surface area contributed by atoms with Crippen molar-refractivity contribution in [3.63, 3.8) is 0 Å². The molecule has 1 aliphatic carbocycles. The molecule has 0 saturated heterocycles. The summed E-state index contributed by atoms with van der Waals surface area (Å²) in [7, 11) is 0. The highest BCUT2D eigenvalue weighted by Crippen LogP contribution is 2.35. The highest BCUT2D eigenvalue weighted by Gasteiger charge is 2.31. The van der Waals surface area contributed by atoms with Gasteiger partial charge in [-0.1, -0.05) is 36.9 Å². The summed E-state index contributed by atoms with van der Waals surface area (Å²) in [5.74, 6) is -0.108. The third-order valence-electron chi connectivity index (χ3n) is 4.39. The molecule has 1 amide bonds. The summed E-state index contributed by atoms with van der Waals surface area (Å²) in [4.78, 5) is 12.3. The highest BCUT2D eigenvalue weighted by atomic mass is 35.5. The van der Waals surface area contributed by atoms with Gasteiger partial charge in [0, 0.05) is 22.5 Å². The van der Waals surface area contributed by atoms with Crippen LogP contribution in [0.4, 0.5) is 0 Å². The first-order valence-electron chi connectivity index (χ1n) is 7.22. The maximum absolute atomic E-state index is 12.3. The van der Waals surface area contributed by atoms with Crippen LogP contribution in [0.15, 0.2) is 18.2 Å². The molecule has 1 aromatic carbocycles. The molecular weight excluding hydrogens is 274 g/mol. The fourth-order valence-corrected chi connectivity index (χ4v) is 3.08. The van der Waals surface area contributed by atoms with Crippen molar-refractivity contribution in [2.75, 3.05) is 13.2 Å². The van der Waals surface area contributed by atoms with Crippen LogP contribution in [0.3, 0.4) is 0 Å². The number of hydrogen-bond donors (Lipinski definition) is 2. The van der Waals surface area contributed by atoms with Crippen molar-refractivity contribution >= 4 is 17.5 Å². The van der Waals surface area contributed by atoms with Gasteiger partial charge >= 0.3 is 0 Å². The maximum Gasteiger partial charge on any atom is 0.251 e. The predicted octanol–water partition coefficient (Wildman–Crippen LogP) is 3.32. The van der Waals surface area contributed by atoms with E-state index in [1.165, 1.54) is 6.42 Å². The van der Waals surface area contributed by atoms with Crippen molar-refractivity contribution in [2.45, 2.75) is 39.0 Å². The van der Waals surface area contributed by atoms with Gasteiger partial charge in [0.1, 0.15) is 0 Å². The van der Waals surface area contributed by atoms with E-state index in [0.29, 0.717) is 17.1 Å². The van der Waals surface area contributed by atoms with Crippen LogP contribution in [-0.4, -0.2) is 24.2 Å². The minimum atomic E-state index is -0.139. The number of amides is 1. The first-order valence-corrected chi connectivity index (χ1v) is 7.60. The van der Waals surface area contributed by atoms with E-state index < -0.39 is 0 Å². The Morgan fingerprint density at radius 1 is 1.35 bits per heavy atom. The molecule has 2 N–H and O–H groups in total. The van der Waals surface area contributed by atoms with Gasteiger partial charge in [0.05, 0.1) is 6.61 Å². The van der Waals surface area contributed by atoms with Crippen molar-refractivity contribution in [3.05, 3.63) is 34.3 Å². The molecule has 1 aliphatic rings. The fourth-order valence-electron chi connectivity index (χ4n) is 2.91. The van der Waals surface area contributed by atoms with Gasteiger partial charge in [0.25, 0.3) is 5.91 Å². The fraction of sp³-hybridized carbons (Fsp3) is 0.562. The number of hydrogen-bond acceptors (Lipinski definition) is 2. The molecule has 0 bridgehead atoms. The molecule has 0 heterocycles. The van der Waals surface area contributed by atoms with Crippen LogP contribution in [-0.2, 0) is 0 Å². The lowest BCUT2D eigenvalue weighted by molar-refractivity contribution is 0.0717. The second-order valence-corrected chi connectivity index (χ2v) is 6.22. The number of nitrogens with one attached hydrogen (secondary N) is 1. The summed E-state index contributed by atoms with van der Waals surface area (Å²) in [5.41, 5.74) is 1.27. The largest absolute Gasteiger partial charge is 0.396 e. The third kappa shape index (κ3) is 3.33. The first kappa shape index (κ1) is 15.3. The van der Waals surface area contributed by atoms with Gasteiger partial charge in [-0.15, -0.1) is 0 Å². The second-order valence-electron chi connectivity index (χ2n) is 5.81. The summed E-state index contributed by atoms with van der Waals surface area (Å²) in [6, 6.07) is 5.35. The molecule has 20 heavy (non-hydrogen) atoms. The molecule has 1 saturated carbocycles. The Morgan fingerprint density at radius 2 is 2.05 bits per heavy atom. The Labute approximate surface area is 125 Å². The minimum Gasteiger partial charge on any atom is -0.396 e. The van der Waals surface area contributed by atoms with E-state index in [4.69, 9.17) is 11.6 Å². The average Bonchev–Trinajstić information content (AvgIpc) is 2.48. The normalized spacial score (nSPS) is 17.8. The molecule has 110 valence electrons. The molecule has 4 heteroatoms. The Balaban J connectivity index is 2.02. The van der Waals surface area contributed by atoms with Gasteiger partial charge in [-0.2, -0.15) is 0 Å². The molecule has 1 fully saturated rings. The number of carbonyl (C=O) groups excluding carboxylic acids is 1. The van der Waals surface area contributed by atoms with Crippen molar-refractivity contribution in [1.29, 1.82) is 0 Å². The molecule has 0 aromatic heterocycles. The van der Waals surface area contributed by atoms with Gasteiger partial charge in [-0.25, -0.2) is 0 Å². The lowest BCUT2D eigenvalue weighted by atomic mass is 9.74. The van der Waals surface area contributed by atoms with E-state index in [0.717, 1.165) is 31.2 Å². The van der Waals surface area contributed by atoms with E-state index in [1.807, 2.05) is 6.92 Å². The summed E-state index contributed by atoms with van der Waals surface area (Å²) in [6.45, 7) is 2.52. The van der Waals surface area contributed by atoms with E-state index in [-0.39, 0.29) is 17.9 Å². The van der Waals surface area contributed by atoms with E-state index in [2.05, 4.69) is 5.32 Å². The molecule has 0 atom stereocenters. The molecule has 0 unspecified atom stereocenters. The maximum atomic E-state index is 12.3. The number of aliphatic hydroxyl groups excluding tert-OH is 1. The van der Waals surface area contributed by atoms with Gasteiger partial charge in [-0.05, 0) is 37.5 Å². The Kier molecular flexibility index (Phi) is 5.06. The quantitative estimate of drug-likeness (QED) is 0.895. The standard InChI is InChI=1S/C16H22ClNO2/c1-12-13(6-5-7-14(12)17)15(20)18-10-16(11-19)8-3-2-4-9-16/h5-7,19H,2-4,8-11H2,1H3,(H,18,20). The zero-order valence-electron chi connectivity index (χ0n) is 11.9. The Hall–Kier alpha value is -1.06. The molecule has 2 rings (SSSR count). The van der Waals surface area contributed by atoms with Crippen molar-refractivity contribution in [1.82, 2.24) is 5.32 Å². The Morgan fingerprint density at radius 3 is 2.70 bits per heavy atom. The third-order valence-corrected chi connectivity index (χ3v) is 4.80. The first-order chi connectivity index (χ1) is 9.58. The topological polar surface area (TPSA) is 49.3 Å². The summed E-state index contributed by atoms with van der Waals surface area (Å²) in [6.07, 6.45) is 5.46. The number of benzene rings is 1. The molecule has 3 nitrogen and oxygen atoms in total. The van der Waals surface area contributed by atoms with Crippen molar-refractivity contribution in [2.24, 2.45) is 5.41 Å². The van der Waals surface area contributed by atoms with E-state index in [1.54, 1.807) is 18.2 Å². The minimum absolute atomic E-state index is 0.108. The zero-order valence-corrected chi connectivity index (χ0v) is 12.7. The monoisotopic (exact) mass is 295 g/mol. The van der Waals surface area contributed by atoms with Crippen molar-refractivity contribution in [3.8, 4) is 0 Å². The molecule has 0 aliphatic heterocycles. The lowest BCUT2D eigenvalue weighted by Gasteiger charge is -2.35.